The first-order valence-electron chi connectivity index (χ1n) is 6.35. The summed E-state index contributed by atoms with van der Waals surface area (Å²) in [5, 5.41) is 3.01. The fourth-order valence-corrected chi connectivity index (χ4v) is 2.62. The van der Waals surface area contributed by atoms with E-state index in [1.807, 2.05) is 11.8 Å². The smallest absolute Gasteiger partial charge is 0.248 e. The topological polar surface area (TPSA) is 58.6 Å². The van der Waals surface area contributed by atoms with E-state index in [2.05, 4.69) is 5.32 Å². The SMILES string of the molecule is CCOCC(=O)N1C[C@H]2CCCC(=O)N[C@H]2C1. The van der Waals surface area contributed by atoms with Crippen LogP contribution < -0.4 is 5.32 Å². The number of carbonyl (C=O) groups is 2. The number of hydrogen-bond donors (Lipinski definition) is 1. The van der Waals surface area contributed by atoms with E-state index in [1.165, 1.54) is 0 Å². The van der Waals surface area contributed by atoms with E-state index in [0.717, 1.165) is 19.4 Å². The number of amides is 2. The van der Waals surface area contributed by atoms with E-state index in [4.69, 9.17) is 4.74 Å². The lowest BCUT2D eigenvalue weighted by atomic mass is 9.99. The number of hydrogen-bond acceptors (Lipinski definition) is 3. The molecule has 2 rings (SSSR count). The molecular weight excluding hydrogens is 220 g/mol. The van der Waals surface area contributed by atoms with Gasteiger partial charge in [0.05, 0.1) is 6.04 Å². The van der Waals surface area contributed by atoms with Gasteiger partial charge < -0.3 is 15.0 Å². The van der Waals surface area contributed by atoms with E-state index in [-0.39, 0.29) is 24.5 Å². The molecule has 0 spiro atoms. The normalized spacial score (nSPS) is 28.5. The summed E-state index contributed by atoms with van der Waals surface area (Å²) < 4.78 is 5.13. The van der Waals surface area contributed by atoms with Crippen LogP contribution in [0.3, 0.4) is 0 Å². The second-order valence-electron chi connectivity index (χ2n) is 4.76. The number of rotatable bonds is 3. The summed E-state index contributed by atoms with van der Waals surface area (Å²) >= 11 is 0. The molecule has 5 nitrogen and oxygen atoms in total. The number of likely N-dealkylation sites (tertiary alicyclic amines) is 1. The van der Waals surface area contributed by atoms with Crippen molar-refractivity contribution in [3.63, 3.8) is 0 Å². The van der Waals surface area contributed by atoms with Gasteiger partial charge in [0, 0.05) is 26.1 Å². The minimum atomic E-state index is 0.0363. The molecule has 96 valence electrons. The van der Waals surface area contributed by atoms with Gasteiger partial charge in [0.15, 0.2) is 0 Å². The van der Waals surface area contributed by atoms with Crippen LogP contribution in [0.2, 0.25) is 0 Å². The van der Waals surface area contributed by atoms with Crippen molar-refractivity contribution in [3.05, 3.63) is 0 Å². The number of fused-ring (bicyclic) bond motifs is 1. The molecule has 2 saturated heterocycles. The van der Waals surface area contributed by atoms with Crippen molar-refractivity contribution in [2.75, 3.05) is 26.3 Å². The second-order valence-corrected chi connectivity index (χ2v) is 4.76. The Morgan fingerprint density at radius 2 is 2.35 bits per heavy atom. The van der Waals surface area contributed by atoms with E-state index in [0.29, 0.717) is 25.5 Å². The number of nitrogens with zero attached hydrogens (tertiary/aromatic N) is 1. The van der Waals surface area contributed by atoms with Crippen LogP contribution in [0.5, 0.6) is 0 Å². The predicted octanol–water partition coefficient (Wildman–Crippen LogP) is 0.150. The first kappa shape index (κ1) is 12.4. The van der Waals surface area contributed by atoms with E-state index >= 15 is 0 Å². The Morgan fingerprint density at radius 3 is 3.12 bits per heavy atom. The Kier molecular flexibility index (Phi) is 3.99. The molecule has 2 aliphatic heterocycles. The highest BCUT2D eigenvalue weighted by Gasteiger charge is 2.36. The third-order valence-electron chi connectivity index (χ3n) is 3.55. The van der Waals surface area contributed by atoms with Crippen molar-refractivity contribution in [3.8, 4) is 0 Å². The zero-order chi connectivity index (χ0) is 12.3. The van der Waals surface area contributed by atoms with E-state index < -0.39 is 0 Å². The van der Waals surface area contributed by atoms with Crippen molar-refractivity contribution < 1.29 is 14.3 Å². The lowest BCUT2D eigenvalue weighted by Crippen LogP contribution is -2.39. The second kappa shape index (κ2) is 5.49. The maximum absolute atomic E-state index is 11.8. The van der Waals surface area contributed by atoms with E-state index in [1.54, 1.807) is 0 Å². The predicted molar refractivity (Wildman–Crippen MR) is 62.3 cm³/mol. The third-order valence-corrected chi connectivity index (χ3v) is 3.55. The zero-order valence-corrected chi connectivity index (χ0v) is 10.3. The molecular formula is C12H20N2O3. The highest BCUT2D eigenvalue weighted by Crippen LogP contribution is 2.25. The minimum absolute atomic E-state index is 0.0363. The Hall–Kier alpha value is -1.10. The van der Waals surface area contributed by atoms with Crippen molar-refractivity contribution in [2.45, 2.75) is 32.2 Å². The monoisotopic (exact) mass is 240 g/mol. The van der Waals surface area contributed by atoms with Crippen molar-refractivity contribution >= 4 is 11.8 Å². The lowest BCUT2D eigenvalue weighted by molar-refractivity contribution is -0.135. The molecule has 0 unspecified atom stereocenters. The first-order chi connectivity index (χ1) is 8.20. The molecule has 0 saturated carbocycles. The molecule has 0 aromatic carbocycles. The largest absolute Gasteiger partial charge is 0.372 e. The third kappa shape index (κ3) is 2.97. The molecule has 2 fully saturated rings. The van der Waals surface area contributed by atoms with Gasteiger partial charge in [-0.15, -0.1) is 0 Å². The maximum atomic E-state index is 11.8. The molecule has 0 aromatic heterocycles. The van der Waals surface area contributed by atoms with Crippen LogP contribution in [0.25, 0.3) is 0 Å². The van der Waals surface area contributed by atoms with Crippen LogP contribution in [-0.4, -0.2) is 49.1 Å². The Morgan fingerprint density at radius 1 is 1.53 bits per heavy atom. The van der Waals surface area contributed by atoms with Gasteiger partial charge in [0.25, 0.3) is 0 Å². The Bertz CT molecular complexity index is 306. The molecule has 0 radical (unpaired) electrons. The van der Waals surface area contributed by atoms with Crippen LogP contribution in [0.4, 0.5) is 0 Å². The summed E-state index contributed by atoms with van der Waals surface area (Å²) in [5.41, 5.74) is 0. The van der Waals surface area contributed by atoms with Crippen molar-refractivity contribution in [1.29, 1.82) is 0 Å². The molecule has 5 heteroatoms. The molecule has 1 N–H and O–H groups in total. The quantitative estimate of drug-likeness (QED) is 0.764. The van der Waals surface area contributed by atoms with Gasteiger partial charge in [0.1, 0.15) is 6.61 Å². The maximum Gasteiger partial charge on any atom is 0.248 e. The Balaban J connectivity index is 1.89. The molecule has 2 heterocycles. The highest BCUT2D eigenvalue weighted by molar-refractivity contribution is 5.79. The van der Waals surface area contributed by atoms with E-state index in [9.17, 15) is 9.59 Å². The number of nitrogens with one attached hydrogen (secondary N) is 1. The molecule has 0 aliphatic carbocycles. The Labute approximate surface area is 101 Å². The van der Waals surface area contributed by atoms with Gasteiger partial charge >= 0.3 is 0 Å². The minimum Gasteiger partial charge on any atom is -0.372 e. The number of carbonyl (C=O) groups excluding carboxylic acids is 2. The van der Waals surface area contributed by atoms with Crippen LogP contribution in [0.1, 0.15) is 26.2 Å². The van der Waals surface area contributed by atoms with Gasteiger partial charge in [-0.3, -0.25) is 9.59 Å². The summed E-state index contributed by atoms with van der Waals surface area (Å²) in [6.45, 7) is 3.99. The standard InChI is InChI=1S/C12H20N2O3/c1-2-17-8-12(16)14-6-9-4-3-5-11(15)13-10(9)7-14/h9-10H,2-8H2,1H3,(H,13,15)/t9-,10+/m1/s1. The van der Waals surface area contributed by atoms with Crippen molar-refractivity contribution in [1.82, 2.24) is 10.2 Å². The highest BCUT2D eigenvalue weighted by atomic mass is 16.5. The van der Waals surface area contributed by atoms with Gasteiger partial charge in [-0.25, -0.2) is 0 Å². The number of ether oxygens (including phenoxy) is 1. The molecule has 17 heavy (non-hydrogen) atoms. The van der Waals surface area contributed by atoms with Crippen LogP contribution in [-0.2, 0) is 14.3 Å². The molecule has 2 amide bonds. The van der Waals surface area contributed by atoms with Gasteiger partial charge in [0.2, 0.25) is 11.8 Å². The molecule has 2 aliphatic rings. The molecule has 0 aromatic rings. The van der Waals surface area contributed by atoms with Crippen LogP contribution in [0.15, 0.2) is 0 Å². The fraction of sp³-hybridized carbons (Fsp3) is 0.833. The lowest BCUT2D eigenvalue weighted by Gasteiger charge is -2.16. The molecule has 0 bridgehead atoms. The summed E-state index contributed by atoms with van der Waals surface area (Å²) in [4.78, 5) is 25.1. The van der Waals surface area contributed by atoms with Crippen LogP contribution in [0, 0.1) is 5.92 Å². The van der Waals surface area contributed by atoms with Gasteiger partial charge in [-0.2, -0.15) is 0 Å². The summed E-state index contributed by atoms with van der Waals surface area (Å²) in [6.07, 6.45) is 2.59. The zero-order valence-electron chi connectivity index (χ0n) is 10.3. The van der Waals surface area contributed by atoms with Crippen LogP contribution >= 0.6 is 0 Å². The fourth-order valence-electron chi connectivity index (χ4n) is 2.62. The van der Waals surface area contributed by atoms with Gasteiger partial charge in [-0.05, 0) is 25.7 Å². The summed E-state index contributed by atoms with van der Waals surface area (Å²) in [6, 6.07) is 0.149. The summed E-state index contributed by atoms with van der Waals surface area (Å²) in [7, 11) is 0. The average Bonchev–Trinajstić information content (AvgIpc) is 2.61. The first-order valence-corrected chi connectivity index (χ1v) is 6.35. The molecule has 2 atom stereocenters. The van der Waals surface area contributed by atoms with Gasteiger partial charge in [-0.1, -0.05) is 0 Å². The average molecular weight is 240 g/mol. The van der Waals surface area contributed by atoms with Crippen molar-refractivity contribution in [2.24, 2.45) is 5.92 Å². The summed E-state index contributed by atoms with van der Waals surface area (Å²) in [5.74, 6) is 0.581.